The lowest BCUT2D eigenvalue weighted by molar-refractivity contribution is 0.104. The van der Waals surface area contributed by atoms with Crippen molar-refractivity contribution in [2.45, 2.75) is 13.5 Å². The van der Waals surface area contributed by atoms with Crippen LogP contribution in [0.1, 0.15) is 34.0 Å². The van der Waals surface area contributed by atoms with E-state index >= 15 is 0 Å². The second-order valence-electron chi connectivity index (χ2n) is 6.95. The molecule has 3 aromatic carbocycles. The second kappa shape index (κ2) is 10.4. The fraction of sp³-hybridized carbons (Fsp3) is 0.120. The van der Waals surface area contributed by atoms with Crippen molar-refractivity contribution in [1.82, 2.24) is 0 Å². The maximum atomic E-state index is 12.4. The van der Waals surface area contributed by atoms with Gasteiger partial charge in [-0.05, 0) is 72.7 Å². The third-order valence-electron chi connectivity index (χ3n) is 4.57. The minimum Gasteiger partial charge on any atom is -0.489 e. The van der Waals surface area contributed by atoms with Crippen LogP contribution >= 0.6 is 0 Å². The number of sulfonamides is 1. The van der Waals surface area contributed by atoms with Gasteiger partial charge in [0.25, 0.3) is 0 Å². The normalized spacial score (nSPS) is 11.1. The molecule has 7 heteroatoms. The van der Waals surface area contributed by atoms with Gasteiger partial charge in [-0.15, -0.1) is 0 Å². The van der Waals surface area contributed by atoms with Crippen molar-refractivity contribution in [1.29, 1.82) is 5.26 Å². The van der Waals surface area contributed by atoms with Crippen LogP contribution in [0, 0.1) is 11.3 Å². The molecule has 3 aromatic rings. The zero-order valence-electron chi connectivity index (χ0n) is 17.5. The summed E-state index contributed by atoms with van der Waals surface area (Å²) >= 11 is 0. The Kier molecular flexibility index (Phi) is 7.42. The number of nitriles is 1. The second-order valence-corrected chi connectivity index (χ2v) is 8.96. The van der Waals surface area contributed by atoms with Crippen LogP contribution in [0.4, 0.5) is 5.69 Å². The molecule has 1 N–H and O–H groups in total. The summed E-state index contributed by atoms with van der Waals surface area (Å²) < 4.78 is 31.5. The first-order valence-electron chi connectivity index (χ1n) is 9.93. The molecule has 0 saturated heterocycles. The average molecular weight is 447 g/mol. The Morgan fingerprint density at radius 3 is 2.53 bits per heavy atom. The molecule has 0 aliphatic heterocycles. The number of hydrogen-bond donors (Lipinski definition) is 1. The van der Waals surface area contributed by atoms with Gasteiger partial charge in [-0.3, -0.25) is 9.52 Å². The highest BCUT2D eigenvalue weighted by Gasteiger charge is 2.08. The van der Waals surface area contributed by atoms with E-state index in [1.54, 1.807) is 49.4 Å². The number of hydrogen-bond acceptors (Lipinski definition) is 5. The summed E-state index contributed by atoms with van der Waals surface area (Å²) in [5.41, 5.74) is 3.14. The summed E-state index contributed by atoms with van der Waals surface area (Å²) in [4.78, 5) is 12.4. The molecule has 0 spiro atoms. The van der Waals surface area contributed by atoms with Gasteiger partial charge >= 0.3 is 0 Å². The van der Waals surface area contributed by atoms with Crippen molar-refractivity contribution in [2.24, 2.45) is 0 Å². The van der Waals surface area contributed by atoms with Crippen LogP contribution in [-0.4, -0.2) is 20.0 Å². The summed E-state index contributed by atoms with van der Waals surface area (Å²) in [6, 6.07) is 22.9. The Morgan fingerprint density at radius 1 is 1.06 bits per heavy atom. The summed E-state index contributed by atoms with van der Waals surface area (Å²) in [6.07, 6.45) is 3.15. The number of benzene rings is 3. The Morgan fingerprint density at radius 2 is 1.81 bits per heavy atom. The largest absolute Gasteiger partial charge is 0.489 e. The van der Waals surface area contributed by atoms with Crippen LogP contribution in [0.15, 0.2) is 78.9 Å². The molecular formula is C25H22N2O4S. The highest BCUT2D eigenvalue weighted by molar-refractivity contribution is 7.92. The number of ketones is 1. The van der Waals surface area contributed by atoms with E-state index in [2.05, 4.69) is 10.8 Å². The smallest absolute Gasteiger partial charge is 0.232 e. The van der Waals surface area contributed by atoms with Crippen molar-refractivity contribution in [3.63, 3.8) is 0 Å². The van der Waals surface area contributed by atoms with Crippen LogP contribution in [0.25, 0.3) is 6.08 Å². The number of nitrogens with one attached hydrogen (secondary N) is 1. The predicted octanol–water partition coefficient (Wildman–Crippen LogP) is 4.79. The number of allylic oxidation sites excluding steroid dienone is 1. The number of ether oxygens (including phenoxy) is 1. The molecule has 0 atom stereocenters. The third-order valence-corrected chi connectivity index (χ3v) is 5.88. The minimum atomic E-state index is -3.36. The molecule has 6 nitrogen and oxygen atoms in total. The van der Waals surface area contributed by atoms with E-state index in [0.29, 0.717) is 29.2 Å². The average Bonchev–Trinajstić information content (AvgIpc) is 2.82. The fourth-order valence-electron chi connectivity index (χ4n) is 2.83. The van der Waals surface area contributed by atoms with Gasteiger partial charge in [0.15, 0.2) is 5.78 Å². The summed E-state index contributed by atoms with van der Waals surface area (Å²) in [5.74, 6) is 0.426. The van der Waals surface area contributed by atoms with Crippen LogP contribution in [0.3, 0.4) is 0 Å². The molecule has 0 bridgehead atoms. The van der Waals surface area contributed by atoms with Crippen LogP contribution < -0.4 is 9.46 Å². The fourth-order valence-corrected chi connectivity index (χ4v) is 3.47. The number of anilines is 1. The van der Waals surface area contributed by atoms with Gasteiger partial charge in [0.05, 0.1) is 17.4 Å². The van der Waals surface area contributed by atoms with Crippen molar-refractivity contribution in [2.75, 3.05) is 10.5 Å². The summed E-state index contributed by atoms with van der Waals surface area (Å²) in [6.45, 7) is 1.88. The lowest BCUT2D eigenvalue weighted by atomic mass is 10.1. The van der Waals surface area contributed by atoms with E-state index in [1.165, 1.54) is 6.08 Å². The molecule has 0 unspecified atom stereocenters. The van der Waals surface area contributed by atoms with E-state index in [0.717, 1.165) is 11.1 Å². The predicted molar refractivity (Wildman–Crippen MR) is 125 cm³/mol. The van der Waals surface area contributed by atoms with Crippen molar-refractivity contribution in [3.05, 3.63) is 101 Å². The Hall–Kier alpha value is -3.89. The molecule has 0 amide bonds. The lowest BCUT2D eigenvalue weighted by Crippen LogP contribution is -2.14. The van der Waals surface area contributed by atoms with Crippen LogP contribution in [0.5, 0.6) is 5.75 Å². The maximum absolute atomic E-state index is 12.4. The van der Waals surface area contributed by atoms with Crippen LogP contribution in [0.2, 0.25) is 0 Å². The monoisotopic (exact) mass is 446 g/mol. The first-order valence-corrected chi connectivity index (χ1v) is 11.6. The minimum absolute atomic E-state index is 0.0224. The Balaban J connectivity index is 1.62. The summed E-state index contributed by atoms with van der Waals surface area (Å²) in [5, 5.41) is 8.99. The molecule has 0 aliphatic rings. The zero-order valence-corrected chi connectivity index (χ0v) is 18.3. The van der Waals surface area contributed by atoms with Gasteiger partial charge in [-0.2, -0.15) is 5.26 Å². The topological polar surface area (TPSA) is 96.3 Å². The van der Waals surface area contributed by atoms with Crippen molar-refractivity contribution >= 4 is 27.6 Å². The number of carbonyl (C=O) groups is 1. The maximum Gasteiger partial charge on any atom is 0.232 e. The van der Waals surface area contributed by atoms with E-state index in [4.69, 9.17) is 10.00 Å². The molecule has 0 saturated carbocycles. The molecular weight excluding hydrogens is 424 g/mol. The third kappa shape index (κ3) is 6.56. The molecule has 0 aliphatic carbocycles. The lowest BCUT2D eigenvalue weighted by Gasteiger charge is -2.07. The molecule has 3 rings (SSSR count). The Labute approximate surface area is 187 Å². The van der Waals surface area contributed by atoms with E-state index in [1.807, 2.05) is 36.4 Å². The van der Waals surface area contributed by atoms with E-state index in [-0.39, 0.29) is 11.5 Å². The number of rotatable bonds is 9. The molecule has 0 radical (unpaired) electrons. The van der Waals surface area contributed by atoms with Crippen LogP contribution in [-0.2, 0) is 16.6 Å². The van der Waals surface area contributed by atoms with Gasteiger partial charge in [0.1, 0.15) is 12.4 Å². The highest BCUT2D eigenvalue weighted by atomic mass is 32.2. The van der Waals surface area contributed by atoms with Gasteiger partial charge < -0.3 is 4.74 Å². The van der Waals surface area contributed by atoms with Gasteiger partial charge in [-0.25, -0.2) is 8.42 Å². The molecule has 0 heterocycles. The first-order chi connectivity index (χ1) is 15.4. The number of nitrogens with zero attached hydrogens (tertiary/aromatic N) is 1. The standard InChI is InChI=1S/C25H22N2O4S/c1-2-32(29,30)27-23-12-10-22(11-13-23)25(28)14-9-19-5-4-8-24(16-19)31-18-21-7-3-6-20(15-21)17-26/h3-16,27H,2,18H2,1H3/b14-9+. The first kappa shape index (κ1) is 22.8. The van der Waals surface area contributed by atoms with Gasteiger partial charge in [-0.1, -0.05) is 30.3 Å². The zero-order chi connectivity index (χ0) is 23.0. The van der Waals surface area contributed by atoms with Crippen molar-refractivity contribution < 1.29 is 17.9 Å². The molecule has 32 heavy (non-hydrogen) atoms. The molecule has 0 fully saturated rings. The van der Waals surface area contributed by atoms with Crippen molar-refractivity contribution in [3.8, 4) is 11.8 Å². The van der Waals surface area contributed by atoms with E-state index in [9.17, 15) is 13.2 Å². The molecule has 162 valence electrons. The van der Waals surface area contributed by atoms with Gasteiger partial charge in [0, 0.05) is 11.3 Å². The highest BCUT2D eigenvalue weighted by Crippen LogP contribution is 2.18. The summed E-state index contributed by atoms with van der Waals surface area (Å²) in [7, 11) is -3.36. The Bertz CT molecular complexity index is 1270. The number of carbonyl (C=O) groups excluding carboxylic acids is 1. The SMILES string of the molecule is CCS(=O)(=O)Nc1ccc(C(=O)/C=C/c2cccc(OCc3cccc(C#N)c3)c2)cc1. The molecule has 0 aromatic heterocycles. The van der Waals surface area contributed by atoms with E-state index < -0.39 is 10.0 Å². The quantitative estimate of drug-likeness (QED) is 0.376. The van der Waals surface area contributed by atoms with Gasteiger partial charge in [0.2, 0.25) is 10.0 Å².